The van der Waals surface area contributed by atoms with Gasteiger partial charge in [-0.1, -0.05) is 45.8 Å². The van der Waals surface area contributed by atoms with Crippen molar-refractivity contribution in [3.05, 3.63) is 11.1 Å². The molecule has 0 radical (unpaired) electrons. The third kappa shape index (κ3) is 2.25. The van der Waals surface area contributed by atoms with Gasteiger partial charge in [-0.05, 0) is 105 Å². The molecule has 0 aromatic carbocycles. The van der Waals surface area contributed by atoms with Crippen molar-refractivity contribution in [2.24, 2.45) is 38.9 Å². The molecule has 0 bridgehead atoms. The molecule has 30 heavy (non-hydrogen) atoms. The van der Waals surface area contributed by atoms with Crippen LogP contribution in [-0.4, -0.2) is 12.1 Å². The predicted octanol–water partition coefficient (Wildman–Crippen LogP) is 7.47. The van der Waals surface area contributed by atoms with Crippen LogP contribution in [0.5, 0.6) is 0 Å². The molecule has 0 amide bonds. The second kappa shape index (κ2) is 6.16. The van der Waals surface area contributed by atoms with Crippen LogP contribution in [0.1, 0.15) is 113 Å². The summed E-state index contributed by atoms with van der Waals surface area (Å²) in [5, 5.41) is 0. The highest BCUT2D eigenvalue weighted by atomic mass is 16.5. The predicted molar refractivity (Wildman–Crippen MR) is 122 cm³/mol. The summed E-state index contributed by atoms with van der Waals surface area (Å²) in [5.41, 5.74) is 5.63. The van der Waals surface area contributed by atoms with E-state index in [2.05, 4.69) is 41.5 Å². The Balaban J connectivity index is 1.50. The molecule has 2 spiro atoms. The van der Waals surface area contributed by atoms with E-state index < -0.39 is 0 Å². The van der Waals surface area contributed by atoms with Gasteiger partial charge in [-0.15, -0.1) is 0 Å². The average molecular weight is 413 g/mol. The Morgan fingerprint density at radius 1 is 0.933 bits per heavy atom. The van der Waals surface area contributed by atoms with Crippen LogP contribution in [0.3, 0.4) is 0 Å². The van der Waals surface area contributed by atoms with Crippen LogP contribution in [0.2, 0.25) is 0 Å². The summed E-state index contributed by atoms with van der Waals surface area (Å²) in [6.07, 6.45) is 13.5. The Kier molecular flexibility index (Phi) is 4.33. The number of carbonyl (C=O) groups is 1. The Hall–Kier alpha value is -0.790. The first kappa shape index (κ1) is 21.1. The van der Waals surface area contributed by atoms with Gasteiger partial charge in [-0.3, -0.25) is 4.79 Å². The van der Waals surface area contributed by atoms with Gasteiger partial charge in [0.15, 0.2) is 0 Å². The lowest BCUT2D eigenvalue weighted by molar-refractivity contribution is -0.177. The molecule has 2 nitrogen and oxygen atoms in total. The molecule has 5 aliphatic rings. The van der Waals surface area contributed by atoms with E-state index in [1.807, 2.05) is 5.57 Å². The van der Waals surface area contributed by atoms with Crippen LogP contribution >= 0.6 is 0 Å². The Labute approximate surface area is 184 Å². The van der Waals surface area contributed by atoms with Crippen molar-refractivity contribution in [2.45, 2.75) is 119 Å². The third-order valence-corrected chi connectivity index (χ3v) is 12.2. The van der Waals surface area contributed by atoms with E-state index in [0.717, 1.165) is 18.3 Å². The molecule has 5 aliphatic carbocycles. The number of hydrogen-bond donors (Lipinski definition) is 0. The number of allylic oxidation sites excluding steroid dienone is 2. The van der Waals surface area contributed by atoms with Gasteiger partial charge in [-0.2, -0.15) is 0 Å². The second-order valence-electron chi connectivity index (χ2n) is 13.0. The Morgan fingerprint density at radius 2 is 1.60 bits per heavy atom. The van der Waals surface area contributed by atoms with Crippen molar-refractivity contribution in [2.75, 3.05) is 0 Å². The molecule has 0 aliphatic heterocycles. The number of hydrogen-bond acceptors (Lipinski definition) is 2. The van der Waals surface area contributed by atoms with Crippen LogP contribution in [0, 0.1) is 38.9 Å². The summed E-state index contributed by atoms with van der Waals surface area (Å²) < 4.78 is 5.87. The summed E-state index contributed by atoms with van der Waals surface area (Å²) in [7, 11) is 0. The topological polar surface area (TPSA) is 26.3 Å². The molecule has 5 saturated carbocycles. The second-order valence-corrected chi connectivity index (χ2v) is 13.0. The normalized spacial score (nSPS) is 52.4. The minimum atomic E-state index is -0.0965. The lowest BCUT2D eigenvalue weighted by Gasteiger charge is -2.62. The molecule has 0 aromatic rings. The number of carbonyl (C=O) groups excluding carboxylic acids is 1. The van der Waals surface area contributed by atoms with Crippen LogP contribution in [0.25, 0.3) is 0 Å². The molecule has 0 heterocycles. The van der Waals surface area contributed by atoms with E-state index in [1.165, 1.54) is 57.8 Å². The van der Waals surface area contributed by atoms with E-state index in [4.69, 9.17) is 4.74 Å². The molecule has 7 atom stereocenters. The minimum Gasteiger partial charge on any atom is -0.462 e. The fourth-order valence-electron chi connectivity index (χ4n) is 10.4. The van der Waals surface area contributed by atoms with Crippen LogP contribution in [0.15, 0.2) is 11.1 Å². The van der Waals surface area contributed by atoms with Gasteiger partial charge in [0.05, 0.1) is 0 Å². The SMILES string of the molecule is CC/C(C)=C1\CC[C@@]2(C)C3CCC4C(C)(C)[C@@H](OC(C)=O)CC[C@@]45C[C@@]35CC[C@]12C. The van der Waals surface area contributed by atoms with Gasteiger partial charge in [0, 0.05) is 12.3 Å². The standard InChI is InChI=1S/C28H44O2/c1-8-18(2)20-11-13-26(7)22-10-9-21-24(4,5)23(30-19(3)29)12-14-27(21)17-28(22,27)16-15-25(20,26)6/h21-23H,8-17H2,1-7H3/b20-18+/t21?,22?,23-,25+,26-,27+,28-/m0/s1. The van der Waals surface area contributed by atoms with E-state index >= 15 is 0 Å². The Morgan fingerprint density at radius 3 is 2.27 bits per heavy atom. The highest BCUT2D eigenvalue weighted by molar-refractivity contribution is 5.66. The van der Waals surface area contributed by atoms with E-state index in [9.17, 15) is 4.79 Å². The largest absolute Gasteiger partial charge is 0.462 e. The molecule has 2 heteroatoms. The van der Waals surface area contributed by atoms with Crippen LogP contribution < -0.4 is 0 Å². The number of ether oxygens (including phenoxy) is 1. The maximum Gasteiger partial charge on any atom is 0.302 e. The third-order valence-electron chi connectivity index (χ3n) is 12.2. The van der Waals surface area contributed by atoms with Gasteiger partial charge in [0.25, 0.3) is 0 Å². The Bertz CT molecular complexity index is 807. The molecular formula is C28H44O2. The van der Waals surface area contributed by atoms with Crippen molar-refractivity contribution < 1.29 is 9.53 Å². The van der Waals surface area contributed by atoms with Crippen molar-refractivity contribution in [1.29, 1.82) is 0 Å². The zero-order chi connectivity index (χ0) is 21.7. The van der Waals surface area contributed by atoms with Crippen molar-refractivity contribution in [1.82, 2.24) is 0 Å². The first-order valence-corrected chi connectivity index (χ1v) is 12.8. The van der Waals surface area contributed by atoms with E-state index in [0.29, 0.717) is 21.7 Å². The molecule has 0 N–H and O–H groups in total. The fourth-order valence-corrected chi connectivity index (χ4v) is 10.4. The number of esters is 1. The zero-order valence-electron chi connectivity index (χ0n) is 20.6. The lowest BCUT2D eigenvalue weighted by atomic mass is 9.42. The minimum absolute atomic E-state index is 0.0965. The van der Waals surface area contributed by atoms with Gasteiger partial charge < -0.3 is 4.74 Å². The molecule has 168 valence electrons. The highest BCUT2D eigenvalue weighted by Crippen LogP contribution is 2.89. The summed E-state index contributed by atoms with van der Waals surface area (Å²) in [6.45, 7) is 16.5. The maximum atomic E-state index is 11.8. The fraction of sp³-hybridized carbons (Fsp3) is 0.893. The number of rotatable bonds is 2. The smallest absolute Gasteiger partial charge is 0.302 e. The van der Waals surface area contributed by atoms with Crippen molar-refractivity contribution in [3.63, 3.8) is 0 Å². The van der Waals surface area contributed by atoms with Gasteiger partial charge >= 0.3 is 5.97 Å². The summed E-state index contributed by atoms with van der Waals surface area (Å²) in [5.74, 6) is 1.52. The molecular weight excluding hydrogens is 368 g/mol. The quantitative estimate of drug-likeness (QED) is 0.347. The van der Waals surface area contributed by atoms with Gasteiger partial charge in [-0.25, -0.2) is 0 Å². The highest BCUT2D eigenvalue weighted by Gasteiger charge is 2.82. The molecule has 5 rings (SSSR count). The molecule has 0 saturated heterocycles. The molecule has 5 fully saturated rings. The zero-order valence-corrected chi connectivity index (χ0v) is 20.6. The van der Waals surface area contributed by atoms with E-state index in [1.54, 1.807) is 12.5 Å². The van der Waals surface area contributed by atoms with Gasteiger partial charge in [0.1, 0.15) is 6.10 Å². The monoisotopic (exact) mass is 412 g/mol. The van der Waals surface area contributed by atoms with E-state index in [-0.39, 0.29) is 17.5 Å². The van der Waals surface area contributed by atoms with Crippen molar-refractivity contribution in [3.8, 4) is 0 Å². The lowest BCUT2D eigenvalue weighted by Crippen LogP contribution is -2.57. The van der Waals surface area contributed by atoms with Crippen LogP contribution in [0.4, 0.5) is 0 Å². The number of fused-ring (bicyclic) bond motifs is 2. The maximum absolute atomic E-state index is 11.8. The first-order chi connectivity index (χ1) is 14.0. The molecule has 0 aromatic heterocycles. The first-order valence-electron chi connectivity index (χ1n) is 12.8. The summed E-state index contributed by atoms with van der Waals surface area (Å²) in [4.78, 5) is 11.8. The summed E-state index contributed by atoms with van der Waals surface area (Å²) >= 11 is 0. The van der Waals surface area contributed by atoms with Crippen LogP contribution in [-0.2, 0) is 9.53 Å². The van der Waals surface area contributed by atoms with Gasteiger partial charge in [0.2, 0.25) is 0 Å². The van der Waals surface area contributed by atoms with Crippen molar-refractivity contribution >= 4 is 5.97 Å². The average Bonchev–Trinajstić information content (AvgIpc) is 3.26. The molecule has 2 unspecified atom stereocenters. The summed E-state index contributed by atoms with van der Waals surface area (Å²) in [6, 6.07) is 0.